The van der Waals surface area contributed by atoms with Crippen LogP contribution in [0.25, 0.3) is 0 Å². The second kappa shape index (κ2) is 8.37. The second-order valence-corrected chi connectivity index (χ2v) is 6.53. The van der Waals surface area contributed by atoms with Gasteiger partial charge < -0.3 is 10.2 Å². The van der Waals surface area contributed by atoms with Gasteiger partial charge in [-0.1, -0.05) is 13.8 Å². The van der Waals surface area contributed by atoms with Gasteiger partial charge in [-0.2, -0.15) is 0 Å². The van der Waals surface area contributed by atoms with Crippen LogP contribution in [0.15, 0.2) is 36.8 Å². The van der Waals surface area contributed by atoms with Crippen molar-refractivity contribution in [1.82, 2.24) is 14.9 Å². The van der Waals surface area contributed by atoms with Crippen LogP contribution in [0.1, 0.15) is 41.9 Å². The van der Waals surface area contributed by atoms with Crippen molar-refractivity contribution in [3.63, 3.8) is 0 Å². The Bertz CT molecular complexity index is 744. The number of nitrogens with zero attached hydrogens (tertiary/aromatic N) is 3. The fraction of sp³-hybridized carbons (Fsp3) is 0.368. The zero-order valence-electron chi connectivity index (χ0n) is 15.1. The Balaban J connectivity index is 2.05. The average molecular weight is 340 g/mol. The number of carbonyl (C=O) groups excluding carboxylic acids is 2. The fourth-order valence-corrected chi connectivity index (χ4v) is 2.46. The Kier molecular flexibility index (Phi) is 6.22. The van der Waals surface area contributed by atoms with E-state index in [2.05, 4.69) is 15.3 Å². The fourth-order valence-electron chi connectivity index (χ4n) is 2.46. The molecule has 0 saturated heterocycles. The number of aromatic nitrogens is 2. The predicted octanol–water partition coefficient (Wildman–Crippen LogP) is 3.04. The molecule has 0 saturated carbocycles. The van der Waals surface area contributed by atoms with Crippen LogP contribution in [-0.4, -0.2) is 33.7 Å². The first-order chi connectivity index (χ1) is 11.9. The number of hydrogen-bond donors (Lipinski definition) is 1. The molecular weight excluding hydrogens is 316 g/mol. The van der Waals surface area contributed by atoms with Crippen molar-refractivity contribution in [3.05, 3.63) is 53.6 Å². The normalized spacial score (nSPS) is 10.6. The van der Waals surface area contributed by atoms with E-state index in [0.717, 1.165) is 16.9 Å². The van der Waals surface area contributed by atoms with Crippen LogP contribution in [0.2, 0.25) is 0 Å². The van der Waals surface area contributed by atoms with E-state index in [4.69, 9.17) is 0 Å². The molecule has 1 N–H and O–H groups in total. The van der Waals surface area contributed by atoms with Gasteiger partial charge in [0.25, 0.3) is 5.91 Å². The maximum absolute atomic E-state index is 12.6. The molecule has 6 nitrogen and oxygen atoms in total. The van der Waals surface area contributed by atoms with Crippen molar-refractivity contribution in [2.75, 3.05) is 12.4 Å². The summed E-state index contributed by atoms with van der Waals surface area (Å²) in [5, 5.41) is 2.89. The summed E-state index contributed by atoms with van der Waals surface area (Å²) in [6.45, 7) is 6.27. The molecule has 0 aliphatic heterocycles. The molecule has 0 aliphatic rings. The van der Waals surface area contributed by atoms with Gasteiger partial charge in [0.1, 0.15) is 0 Å². The van der Waals surface area contributed by atoms with Gasteiger partial charge in [0.15, 0.2) is 0 Å². The average Bonchev–Trinajstić information content (AvgIpc) is 2.56. The lowest BCUT2D eigenvalue weighted by Crippen LogP contribution is -2.26. The molecule has 0 aliphatic carbocycles. The number of carbonyl (C=O) groups is 2. The summed E-state index contributed by atoms with van der Waals surface area (Å²) in [6.07, 6.45) is 5.32. The zero-order chi connectivity index (χ0) is 18.4. The van der Waals surface area contributed by atoms with E-state index in [0.29, 0.717) is 24.4 Å². The van der Waals surface area contributed by atoms with E-state index < -0.39 is 0 Å². The van der Waals surface area contributed by atoms with E-state index in [1.807, 2.05) is 20.8 Å². The number of rotatable bonds is 6. The standard InChI is InChI=1S/C19H24N4O2/c1-13(2)9-18(24)22-17-6-5-15(10-14(17)3)19(25)23(4)12-16-11-20-7-8-21-16/h5-8,10-11,13H,9,12H2,1-4H3,(H,22,24). The molecule has 2 rings (SSSR count). The van der Waals surface area contributed by atoms with E-state index in [1.54, 1.807) is 48.7 Å². The van der Waals surface area contributed by atoms with Crippen LogP contribution in [0.3, 0.4) is 0 Å². The highest BCUT2D eigenvalue weighted by atomic mass is 16.2. The predicted molar refractivity (Wildman–Crippen MR) is 97.1 cm³/mol. The lowest BCUT2D eigenvalue weighted by molar-refractivity contribution is -0.116. The summed E-state index contributed by atoms with van der Waals surface area (Å²) in [4.78, 5) is 34.3. The molecule has 1 heterocycles. The molecule has 1 aromatic heterocycles. The van der Waals surface area contributed by atoms with Crippen molar-refractivity contribution in [1.29, 1.82) is 0 Å². The van der Waals surface area contributed by atoms with Gasteiger partial charge in [-0.3, -0.25) is 19.6 Å². The highest BCUT2D eigenvalue weighted by Crippen LogP contribution is 2.19. The van der Waals surface area contributed by atoms with Crippen molar-refractivity contribution in [2.24, 2.45) is 5.92 Å². The van der Waals surface area contributed by atoms with E-state index in [1.165, 1.54) is 0 Å². The first-order valence-electron chi connectivity index (χ1n) is 8.27. The third-order valence-corrected chi connectivity index (χ3v) is 3.70. The topological polar surface area (TPSA) is 75.2 Å². The molecule has 0 fully saturated rings. The third kappa shape index (κ3) is 5.38. The molecule has 0 unspecified atom stereocenters. The van der Waals surface area contributed by atoms with Gasteiger partial charge in [0, 0.05) is 37.1 Å². The number of aryl methyl sites for hydroxylation is 1. The molecule has 2 aromatic rings. The number of amides is 2. The van der Waals surface area contributed by atoms with E-state index >= 15 is 0 Å². The third-order valence-electron chi connectivity index (χ3n) is 3.70. The Morgan fingerprint density at radius 3 is 2.60 bits per heavy atom. The first-order valence-corrected chi connectivity index (χ1v) is 8.27. The van der Waals surface area contributed by atoms with Crippen LogP contribution in [0, 0.1) is 12.8 Å². The maximum atomic E-state index is 12.6. The van der Waals surface area contributed by atoms with Crippen molar-refractivity contribution in [3.8, 4) is 0 Å². The van der Waals surface area contributed by atoms with Gasteiger partial charge >= 0.3 is 0 Å². The van der Waals surface area contributed by atoms with Gasteiger partial charge in [-0.05, 0) is 36.6 Å². The molecule has 25 heavy (non-hydrogen) atoms. The first kappa shape index (κ1) is 18.6. The molecular formula is C19H24N4O2. The minimum atomic E-state index is -0.103. The van der Waals surface area contributed by atoms with Gasteiger partial charge in [-0.15, -0.1) is 0 Å². The SMILES string of the molecule is Cc1cc(C(=O)N(C)Cc2cnccn2)ccc1NC(=O)CC(C)C. The molecule has 0 radical (unpaired) electrons. The Morgan fingerprint density at radius 2 is 2.00 bits per heavy atom. The van der Waals surface area contributed by atoms with Gasteiger partial charge in [0.05, 0.1) is 18.4 Å². The summed E-state index contributed by atoms with van der Waals surface area (Å²) in [5.74, 6) is 0.182. The van der Waals surface area contributed by atoms with Crippen molar-refractivity contribution < 1.29 is 9.59 Å². The number of benzene rings is 1. The molecule has 0 atom stereocenters. The number of nitrogens with one attached hydrogen (secondary N) is 1. The van der Waals surface area contributed by atoms with Crippen LogP contribution >= 0.6 is 0 Å². The van der Waals surface area contributed by atoms with Crippen LogP contribution in [0.5, 0.6) is 0 Å². The summed E-state index contributed by atoms with van der Waals surface area (Å²) in [5.41, 5.74) is 2.90. The zero-order valence-corrected chi connectivity index (χ0v) is 15.1. The molecule has 0 bridgehead atoms. The van der Waals surface area contributed by atoms with Crippen molar-refractivity contribution >= 4 is 17.5 Å². The quantitative estimate of drug-likeness (QED) is 0.877. The molecule has 132 valence electrons. The minimum Gasteiger partial charge on any atom is -0.336 e. The largest absolute Gasteiger partial charge is 0.336 e. The lowest BCUT2D eigenvalue weighted by Gasteiger charge is -2.17. The Morgan fingerprint density at radius 1 is 1.24 bits per heavy atom. The van der Waals surface area contributed by atoms with Gasteiger partial charge in [-0.25, -0.2) is 0 Å². The second-order valence-electron chi connectivity index (χ2n) is 6.53. The van der Waals surface area contributed by atoms with E-state index in [9.17, 15) is 9.59 Å². The van der Waals surface area contributed by atoms with Crippen molar-refractivity contribution in [2.45, 2.75) is 33.7 Å². The summed E-state index contributed by atoms with van der Waals surface area (Å²) in [7, 11) is 1.73. The van der Waals surface area contributed by atoms with Crippen LogP contribution in [0.4, 0.5) is 5.69 Å². The summed E-state index contributed by atoms with van der Waals surface area (Å²) in [6, 6.07) is 5.30. The monoisotopic (exact) mass is 340 g/mol. The number of hydrogen-bond acceptors (Lipinski definition) is 4. The smallest absolute Gasteiger partial charge is 0.253 e. The molecule has 6 heteroatoms. The maximum Gasteiger partial charge on any atom is 0.253 e. The Hall–Kier alpha value is -2.76. The summed E-state index contributed by atoms with van der Waals surface area (Å²) >= 11 is 0. The molecule has 2 amide bonds. The van der Waals surface area contributed by atoms with Crippen LogP contribution < -0.4 is 5.32 Å². The van der Waals surface area contributed by atoms with Gasteiger partial charge in [0.2, 0.25) is 5.91 Å². The highest BCUT2D eigenvalue weighted by molar-refractivity contribution is 5.96. The lowest BCUT2D eigenvalue weighted by atomic mass is 10.1. The highest BCUT2D eigenvalue weighted by Gasteiger charge is 2.14. The molecule has 0 spiro atoms. The van der Waals surface area contributed by atoms with Crippen LogP contribution in [-0.2, 0) is 11.3 Å². The summed E-state index contributed by atoms with van der Waals surface area (Å²) < 4.78 is 0. The molecule has 1 aromatic carbocycles. The Labute approximate surface area is 148 Å². The number of anilines is 1. The van der Waals surface area contributed by atoms with E-state index in [-0.39, 0.29) is 11.8 Å². The minimum absolute atomic E-state index is 0.0167.